The highest BCUT2D eigenvalue weighted by molar-refractivity contribution is 5.92. The molecule has 0 aliphatic heterocycles. The van der Waals surface area contributed by atoms with Gasteiger partial charge >= 0.3 is 5.97 Å². The van der Waals surface area contributed by atoms with Crippen LogP contribution in [0.4, 0.5) is 6.01 Å². The highest BCUT2D eigenvalue weighted by Crippen LogP contribution is 2.20. The molecule has 0 spiro atoms. The number of aromatic carboxylic acids is 1. The summed E-state index contributed by atoms with van der Waals surface area (Å²) in [7, 11) is 0. The van der Waals surface area contributed by atoms with Gasteiger partial charge in [0.05, 0.1) is 11.7 Å². The van der Waals surface area contributed by atoms with Crippen LogP contribution in [0.3, 0.4) is 0 Å². The summed E-state index contributed by atoms with van der Waals surface area (Å²) in [6.45, 7) is 2.35. The number of carbonyl (C=O) groups is 1. The number of benzene rings is 1. The van der Waals surface area contributed by atoms with E-state index in [1.165, 1.54) is 12.1 Å². The number of aromatic nitrogens is 1. The highest BCUT2D eigenvalue weighted by atomic mass is 16.4. The Morgan fingerprint density at radius 1 is 1.53 bits per heavy atom. The van der Waals surface area contributed by atoms with Crippen LogP contribution in [0.2, 0.25) is 0 Å². The Labute approximate surface area is 110 Å². The van der Waals surface area contributed by atoms with E-state index in [0.717, 1.165) is 6.42 Å². The summed E-state index contributed by atoms with van der Waals surface area (Å²) in [5.74, 6) is -1.01. The van der Waals surface area contributed by atoms with Crippen molar-refractivity contribution in [2.75, 3.05) is 11.9 Å². The van der Waals surface area contributed by atoms with E-state index in [2.05, 4.69) is 10.3 Å². The second-order valence-electron chi connectivity index (χ2n) is 4.33. The van der Waals surface area contributed by atoms with Gasteiger partial charge in [-0.15, -0.1) is 0 Å². The lowest BCUT2D eigenvalue weighted by atomic mass is 10.2. The Bertz CT molecular complexity index is 579. The van der Waals surface area contributed by atoms with Gasteiger partial charge in [0.1, 0.15) is 5.52 Å². The van der Waals surface area contributed by atoms with Crippen LogP contribution >= 0.6 is 0 Å². The molecule has 0 saturated heterocycles. The van der Waals surface area contributed by atoms with Crippen LogP contribution in [-0.2, 0) is 0 Å². The van der Waals surface area contributed by atoms with Crippen LogP contribution < -0.4 is 5.32 Å². The fraction of sp³-hybridized carbons (Fsp3) is 0.385. The molecule has 0 amide bonds. The maximum absolute atomic E-state index is 10.8. The maximum Gasteiger partial charge on any atom is 0.335 e. The van der Waals surface area contributed by atoms with Gasteiger partial charge < -0.3 is 19.9 Å². The standard InChI is InChI=1S/C13H16N2O4/c1-2-3-9(16)7-14-13-15-10-5-4-8(12(17)18)6-11(10)19-13/h4-6,9,16H,2-3,7H2,1H3,(H,14,15)(H,17,18). The second-order valence-corrected chi connectivity index (χ2v) is 4.33. The van der Waals surface area contributed by atoms with Gasteiger partial charge in [0.2, 0.25) is 0 Å². The molecule has 0 radical (unpaired) electrons. The van der Waals surface area contributed by atoms with E-state index < -0.39 is 12.1 Å². The second kappa shape index (κ2) is 5.71. The number of aliphatic hydroxyl groups excluding tert-OH is 1. The Balaban J connectivity index is 2.11. The van der Waals surface area contributed by atoms with E-state index in [0.29, 0.717) is 24.1 Å². The van der Waals surface area contributed by atoms with Gasteiger partial charge in [0.15, 0.2) is 5.58 Å². The van der Waals surface area contributed by atoms with Crippen LogP contribution in [-0.4, -0.2) is 33.8 Å². The third-order valence-corrected chi connectivity index (χ3v) is 2.75. The lowest BCUT2D eigenvalue weighted by Crippen LogP contribution is -2.19. The van der Waals surface area contributed by atoms with Gasteiger partial charge in [-0.1, -0.05) is 13.3 Å². The van der Waals surface area contributed by atoms with Gasteiger partial charge in [0, 0.05) is 6.54 Å². The molecule has 1 unspecified atom stereocenters. The van der Waals surface area contributed by atoms with E-state index in [1.807, 2.05) is 6.92 Å². The average molecular weight is 264 g/mol. The van der Waals surface area contributed by atoms with Crippen LogP contribution in [0.15, 0.2) is 22.6 Å². The van der Waals surface area contributed by atoms with Crippen molar-refractivity contribution in [2.24, 2.45) is 0 Å². The van der Waals surface area contributed by atoms with Crippen molar-refractivity contribution in [2.45, 2.75) is 25.9 Å². The highest BCUT2D eigenvalue weighted by Gasteiger charge is 2.10. The molecule has 19 heavy (non-hydrogen) atoms. The van der Waals surface area contributed by atoms with Crippen LogP contribution in [0.5, 0.6) is 0 Å². The van der Waals surface area contributed by atoms with E-state index in [4.69, 9.17) is 9.52 Å². The first-order chi connectivity index (χ1) is 9.10. The molecular formula is C13H16N2O4. The molecule has 1 aromatic heterocycles. The fourth-order valence-electron chi connectivity index (χ4n) is 1.77. The van der Waals surface area contributed by atoms with Crippen molar-refractivity contribution < 1.29 is 19.4 Å². The van der Waals surface area contributed by atoms with Crippen molar-refractivity contribution in [3.63, 3.8) is 0 Å². The van der Waals surface area contributed by atoms with E-state index in [1.54, 1.807) is 6.07 Å². The molecule has 6 nitrogen and oxygen atoms in total. The molecule has 2 rings (SSSR count). The van der Waals surface area contributed by atoms with Crippen LogP contribution in [0.1, 0.15) is 30.1 Å². The summed E-state index contributed by atoms with van der Waals surface area (Å²) in [6, 6.07) is 4.78. The molecule has 1 heterocycles. The van der Waals surface area contributed by atoms with E-state index in [-0.39, 0.29) is 11.6 Å². The van der Waals surface area contributed by atoms with Gasteiger partial charge in [-0.2, -0.15) is 4.98 Å². The van der Waals surface area contributed by atoms with Crippen LogP contribution in [0.25, 0.3) is 11.1 Å². The molecule has 1 atom stereocenters. The van der Waals surface area contributed by atoms with Gasteiger partial charge in [-0.25, -0.2) is 4.79 Å². The number of carboxylic acids is 1. The number of hydrogen-bond acceptors (Lipinski definition) is 5. The Hall–Kier alpha value is -2.08. The van der Waals surface area contributed by atoms with E-state index in [9.17, 15) is 9.90 Å². The van der Waals surface area contributed by atoms with Crippen LogP contribution in [0, 0.1) is 0 Å². The number of nitrogens with zero attached hydrogens (tertiary/aromatic N) is 1. The average Bonchev–Trinajstić information content (AvgIpc) is 2.78. The normalized spacial score (nSPS) is 12.5. The quantitative estimate of drug-likeness (QED) is 0.739. The van der Waals surface area contributed by atoms with E-state index >= 15 is 0 Å². The summed E-state index contributed by atoms with van der Waals surface area (Å²) in [5, 5.41) is 21.4. The first-order valence-electron chi connectivity index (χ1n) is 6.16. The molecule has 0 aliphatic rings. The number of hydrogen-bond donors (Lipinski definition) is 3. The number of fused-ring (bicyclic) bond motifs is 1. The van der Waals surface area contributed by atoms with Crippen molar-refractivity contribution in [3.8, 4) is 0 Å². The molecule has 3 N–H and O–H groups in total. The SMILES string of the molecule is CCCC(O)CNc1nc2ccc(C(=O)O)cc2o1. The third kappa shape index (κ3) is 3.23. The zero-order valence-electron chi connectivity index (χ0n) is 10.6. The molecule has 0 fully saturated rings. The summed E-state index contributed by atoms with van der Waals surface area (Å²) in [5.41, 5.74) is 1.14. The monoisotopic (exact) mass is 264 g/mol. The molecule has 6 heteroatoms. The number of oxazole rings is 1. The lowest BCUT2D eigenvalue weighted by Gasteiger charge is -2.08. The number of anilines is 1. The number of aliphatic hydroxyl groups is 1. The molecule has 0 saturated carbocycles. The predicted molar refractivity (Wildman–Crippen MR) is 70.4 cm³/mol. The Morgan fingerprint density at radius 2 is 2.32 bits per heavy atom. The fourth-order valence-corrected chi connectivity index (χ4v) is 1.77. The third-order valence-electron chi connectivity index (χ3n) is 2.75. The van der Waals surface area contributed by atoms with Crippen molar-refractivity contribution in [1.82, 2.24) is 4.98 Å². The first-order valence-corrected chi connectivity index (χ1v) is 6.16. The maximum atomic E-state index is 10.8. The zero-order valence-corrected chi connectivity index (χ0v) is 10.6. The van der Waals surface area contributed by atoms with Gasteiger partial charge in [0.25, 0.3) is 6.01 Å². The van der Waals surface area contributed by atoms with Gasteiger partial charge in [-0.05, 0) is 24.6 Å². The topological polar surface area (TPSA) is 95.6 Å². The number of nitrogens with one attached hydrogen (secondary N) is 1. The summed E-state index contributed by atoms with van der Waals surface area (Å²) < 4.78 is 5.39. The van der Waals surface area contributed by atoms with Crippen molar-refractivity contribution in [3.05, 3.63) is 23.8 Å². The molecule has 1 aromatic carbocycles. The molecule has 0 bridgehead atoms. The largest absolute Gasteiger partial charge is 0.478 e. The smallest absolute Gasteiger partial charge is 0.335 e. The van der Waals surface area contributed by atoms with Crippen molar-refractivity contribution in [1.29, 1.82) is 0 Å². The Kier molecular flexibility index (Phi) is 4.01. The predicted octanol–water partition coefficient (Wildman–Crippen LogP) is 2.10. The summed E-state index contributed by atoms with van der Waals surface area (Å²) in [4.78, 5) is 15.0. The van der Waals surface area contributed by atoms with Gasteiger partial charge in [-0.3, -0.25) is 0 Å². The minimum atomic E-state index is -1.01. The number of rotatable bonds is 6. The summed E-state index contributed by atoms with van der Waals surface area (Å²) >= 11 is 0. The zero-order chi connectivity index (χ0) is 13.8. The van der Waals surface area contributed by atoms with Crippen molar-refractivity contribution >= 4 is 23.1 Å². The minimum Gasteiger partial charge on any atom is -0.478 e. The number of carboxylic acid groups (broad SMARTS) is 1. The molecule has 2 aromatic rings. The lowest BCUT2D eigenvalue weighted by molar-refractivity contribution is 0.0697. The first kappa shape index (κ1) is 13.4. The Morgan fingerprint density at radius 3 is 3.00 bits per heavy atom. The molecular weight excluding hydrogens is 248 g/mol. The summed E-state index contributed by atoms with van der Waals surface area (Å²) in [6.07, 6.45) is 1.16. The minimum absolute atomic E-state index is 0.154. The molecule has 0 aliphatic carbocycles. The molecule has 102 valence electrons.